The zero-order chi connectivity index (χ0) is 14.1. The first-order valence-corrected chi connectivity index (χ1v) is 6.98. The highest BCUT2D eigenvalue weighted by Gasteiger charge is 2.32. The summed E-state index contributed by atoms with van der Waals surface area (Å²) >= 11 is 0. The van der Waals surface area contributed by atoms with Gasteiger partial charge >= 0.3 is 0 Å². The van der Waals surface area contributed by atoms with Crippen LogP contribution in [0.5, 0.6) is 0 Å². The number of amides is 1. The van der Waals surface area contributed by atoms with E-state index in [0.29, 0.717) is 12.1 Å². The molecule has 1 fully saturated rings. The lowest BCUT2D eigenvalue weighted by Crippen LogP contribution is -2.54. The average molecular weight is 297 g/mol. The highest BCUT2D eigenvalue weighted by atomic mass is 35.5. The molecule has 0 heterocycles. The van der Waals surface area contributed by atoms with Gasteiger partial charge in [0.2, 0.25) is 0 Å². The molecule has 112 valence electrons. The number of nitrogens with two attached hydrogens (primary N) is 1. The molecule has 0 spiro atoms. The minimum absolute atomic E-state index is 0. The van der Waals surface area contributed by atoms with E-state index in [1.54, 1.807) is 0 Å². The molecule has 0 aliphatic heterocycles. The van der Waals surface area contributed by atoms with Crippen LogP contribution in [0.25, 0.3) is 0 Å². The molecule has 0 radical (unpaired) electrons. The summed E-state index contributed by atoms with van der Waals surface area (Å²) in [4.78, 5) is 12.0. The van der Waals surface area contributed by atoms with Crippen molar-refractivity contribution in [3.63, 3.8) is 0 Å². The van der Waals surface area contributed by atoms with Crippen LogP contribution in [-0.4, -0.2) is 18.0 Å². The third kappa shape index (κ3) is 3.97. The summed E-state index contributed by atoms with van der Waals surface area (Å²) in [7, 11) is 0. The molecule has 3 N–H and O–H groups in total. The number of rotatable bonds is 3. The second-order valence-corrected chi connectivity index (χ2v) is 6.73. The van der Waals surface area contributed by atoms with Gasteiger partial charge in [-0.25, -0.2) is 0 Å². The molecule has 0 atom stereocenters. The summed E-state index contributed by atoms with van der Waals surface area (Å²) in [6, 6.07) is 7.83. The fraction of sp³-hybridized carbons (Fsp3) is 0.562. The summed E-state index contributed by atoms with van der Waals surface area (Å²) in [5.41, 5.74) is 7.98. The van der Waals surface area contributed by atoms with Gasteiger partial charge in [0, 0.05) is 17.6 Å². The fourth-order valence-corrected chi connectivity index (χ4v) is 2.29. The summed E-state index contributed by atoms with van der Waals surface area (Å²) in [5, 5.41) is 2.94. The van der Waals surface area contributed by atoms with Gasteiger partial charge in [0.15, 0.2) is 0 Å². The largest absolute Gasteiger partial charge is 0.350 e. The minimum atomic E-state index is -0.166. The van der Waals surface area contributed by atoms with E-state index in [1.165, 1.54) is 12.0 Å². The Balaban J connectivity index is 0.00000200. The number of hydrogen-bond acceptors (Lipinski definition) is 2. The molecular weight excluding hydrogens is 272 g/mol. The van der Waals surface area contributed by atoms with Crippen molar-refractivity contribution >= 4 is 18.3 Å². The molecule has 1 aliphatic carbocycles. The zero-order valence-electron chi connectivity index (χ0n) is 12.5. The van der Waals surface area contributed by atoms with Gasteiger partial charge in [0.05, 0.1) is 0 Å². The summed E-state index contributed by atoms with van der Waals surface area (Å²) in [5.74, 6) is -0.0304. The maximum Gasteiger partial charge on any atom is 0.251 e. The molecule has 1 saturated carbocycles. The first-order chi connectivity index (χ1) is 8.80. The van der Waals surface area contributed by atoms with Crippen LogP contribution < -0.4 is 11.1 Å². The first-order valence-electron chi connectivity index (χ1n) is 6.98. The monoisotopic (exact) mass is 296 g/mol. The van der Waals surface area contributed by atoms with E-state index < -0.39 is 0 Å². The van der Waals surface area contributed by atoms with Crippen molar-refractivity contribution in [2.45, 2.75) is 51.0 Å². The second-order valence-electron chi connectivity index (χ2n) is 6.73. The first kappa shape index (κ1) is 17.0. The lowest BCUT2D eigenvalue weighted by molar-refractivity contribution is 0.0929. The zero-order valence-corrected chi connectivity index (χ0v) is 13.3. The molecule has 1 aromatic carbocycles. The number of carbonyl (C=O) groups excluding carboxylic acids is 1. The Morgan fingerprint density at radius 3 is 2.20 bits per heavy atom. The van der Waals surface area contributed by atoms with Crippen LogP contribution in [0.1, 0.15) is 56.0 Å². The molecule has 0 bridgehead atoms. The normalized spacial score (nSPS) is 16.8. The van der Waals surface area contributed by atoms with Crippen LogP contribution in [0.2, 0.25) is 0 Å². The maximum absolute atomic E-state index is 12.0. The highest BCUT2D eigenvalue weighted by Crippen LogP contribution is 2.28. The number of carbonyl (C=O) groups is 1. The maximum atomic E-state index is 12.0. The molecule has 1 amide bonds. The van der Waals surface area contributed by atoms with Crippen molar-refractivity contribution < 1.29 is 4.79 Å². The predicted molar refractivity (Wildman–Crippen MR) is 85.5 cm³/mol. The predicted octanol–water partition coefficient (Wildman–Crippen LogP) is 3.02. The molecule has 2 rings (SSSR count). The number of nitrogens with one attached hydrogen (secondary N) is 1. The minimum Gasteiger partial charge on any atom is -0.350 e. The van der Waals surface area contributed by atoms with Crippen molar-refractivity contribution in [3.8, 4) is 0 Å². The van der Waals surface area contributed by atoms with Crippen molar-refractivity contribution in [1.82, 2.24) is 5.32 Å². The molecule has 3 nitrogen and oxygen atoms in total. The Kier molecular flexibility index (Phi) is 5.22. The molecule has 1 aromatic rings. The van der Waals surface area contributed by atoms with Gasteiger partial charge in [0.1, 0.15) is 0 Å². The van der Waals surface area contributed by atoms with Gasteiger partial charge in [-0.05, 0) is 42.4 Å². The Labute approximate surface area is 127 Å². The van der Waals surface area contributed by atoms with Gasteiger partial charge in [-0.3, -0.25) is 4.79 Å². The van der Waals surface area contributed by atoms with Crippen LogP contribution in [0.15, 0.2) is 24.3 Å². The standard InChI is InChI=1S/C16H24N2O.ClH/c1-15(2,3)13-7-5-12(6-8-13)14(19)18-11-16(17)9-4-10-16;/h5-8H,4,9-11,17H2,1-3H3,(H,18,19);1H. The average Bonchev–Trinajstić information content (AvgIpc) is 2.33. The second kappa shape index (κ2) is 6.15. The Morgan fingerprint density at radius 1 is 1.25 bits per heavy atom. The van der Waals surface area contributed by atoms with Gasteiger partial charge < -0.3 is 11.1 Å². The van der Waals surface area contributed by atoms with Gasteiger partial charge in [-0.15, -0.1) is 12.4 Å². The van der Waals surface area contributed by atoms with E-state index >= 15 is 0 Å². The van der Waals surface area contributed by atoms with Gasteiger partial charge in [0.25, 0.3) is 5.91 Å². The van der Waals surface area contributed by atoms with E-state index in [2.05, 4.69) is 26.1 Å². The number of benzene rings is 1. The van der Waals surface area contributed by atoms with Gasteiger partial charge in [-0.1, -0.05) is 32.9 Å². The Hall–Kier alpha value is -1.06. The van der Waals surface area contributed by atoms with Crippen molar-refractivity contribution in [2.75, 3.05) is 6.54 Å². The van der Waals surface area contributed by atoms with Crippen molar-refractivity contribution in [3.05, 3.63) is 35.4 Å². The topological polar surface area (TPSA) is 55.1 Å². The molecule has 1 aliphatic rings. The molecule has 0 saturated heterocycles. The van der Waals surface area contributed by atoms with E-state index in [0.717, 1.165) is 12.8 Å². The van der Waals surface area contributed by atoms with E-state index in [9.17, 15) is 4.79 Å². The summed E-state index contributed by atoms with van der Waals surface area (Å²) < 4.78 is 0. The van der Waals surface area contributed by atoms with E-state index in [-0.39, 0.29) is 29.3 Å². The molecule has 0 unspecified atom stereocenters. The summed E-state index contributed by atoms with van der Waals surface area (Å²) in [6.07, 6.45) is 3.19. The SMILES string of the molecule is CC(C)(C)c1ccc(C(=O)NCC2(N)CCC2)cc1.Cl. The third-order valence-electron chi connectivity index (χ3n) is 3.96. The van der Waals surface area contributed by atoms with Crippen LogP contribution in [0, 0.1) is 0 Å². The van der Waals surface area contributed by atoms with Crippen LogP contribution in [0.3, 0.4) is 0 Å². The lowest BCUT2D eigenvalue weighted by atomic mass is 9.78. The Bertz CT molecular complexity index is 458. The number of halogens is 1. The molecule has 4 heteroatoms. The van der Waals surface area contributed by atoms with Crippen LogP contribution in [0.4, 0.5) is 0 Å². The third-order valence-corrected chi connectivity index (χ3v) is 3.96. The highest BCUT2D eigenvalue weighted by molar-refractivity contribution is 5.94. The molecular formula is C16H25ClN2O. The molecule has 0 aromatic heterocycles. The van der Waals surface area contributed by atoms with Crippen LogP contribution in [-0.2, 0) is 5.41 Å². The van der Waals surface area contributed by atoms with E-state index in [4.69, 9.17) is 5.73 Å². The van der Waals surface area contributed by atoms with Gasteiger partial charge in [-0.2, -0.15) is 0 Å². The van der Waals surface area contributed by atoms with Crippen molar-refractivity contribution in [1.29, 1.82) is 0 Å². The quantitative estimate of drug-likeness (QED) is 0.901. The van der Waals surface area contributed by atoms with Crippen molar-refractivity contribution in [2.24, 2.45) is 5.73 Å². The fourth-order valence-electron chi connectivity index (χ4n) is 2.29. The van der Waals surface area contributed by atoms with Crippen LogP contribution >= 0.6 is 12.4 Å². The van der Waals surface area contributed by atoms with E-state index in [1.807, 2.05) is 24.3 Å². The summed E-state index contributed by atoms with van der Waals surface area (Å²) in [6.45, 7) is 7.07. The Morgan fingerprint density at radius 2 is 1.80 bits per heavy atom. The smallest absolute Gasteiger partial charge is 0.251 e. The lowest BCUT2D eigenvalue weighted by Gasteiger charge is -2.38. The molecule has 20 heavy (non-hydrogen) atoms. The number of hydrogen-bond donors (Lipinski definition) is 2.